The third-order valence-corrected chi connectivity index (χ3v) is 14.0. The van der Waals surface area contributed by atoms with Crippen LogP contribution in [0.25, 0.3) is 0 Å². The van der Waals surface area contributed by atoms with E-state index in [4.69, 9.17) is 16.9 Å². The van der Waals surface area contributed by atoms with Crippen LogP contribution in [0.15, 0.2) is 48.5 Å². The first-order valence-electron chi connectivity index (χ1n) is 13.3. The maximum absolute atomic E-state index is 4.93. The predicted octanol–water partition coefficient (Wildman–Crippen LogP) is 9.35. The molecule has 0 fully saturated rings. The van der Waals surface area contributed by atoms with Crippen molar-refractivity contribution in [1.82, 2.24) is 0 Å². The van der Waals surface area contributed by atoms with Gasteiger partial charge in [0.2, 0.25) is 0 Å². The molecule has 0 aliphatic carbocycles. The van der Waals surface area contributed by atoms with E-state index in [2.05, 4.69) is 156 Å². The van der Waals surface area contributed by atoms with E-state index in [9.17, 15) is 0 Å². The van der Waals surface area contributed by atoms with E-state index in [0.29, 0.717) is 20.6 Å². The van der Waals surface area contributed by atoms with Crippen molar-refractivity contribution in [2.45, 2.75) is 104 Å². The molecule has 0 saturated carbocycles. The molecule has 0 aromatic heterocycles. The Bertz CT molecular complexity index is 893. The van der Waals surface area contributed by atoms with Crippen molar-refractivity contribution in [3.63, 3.8) is 0 Å². The Morgan fingerprint density at radius 3 is 1.05 bits per heavy atom. The summed E-state index contributed by atoms with van der Waals surface area (Å²) in [6.07, 6.45) is 0. The Morgan fingerprint density at radius 1 is 0.579 bits per heavy atom. The second-order valence-electron chi connectivity index (χ2n) is 14.1. The number of rotatable bonds is 4. The monoisotopic (exact) mass is 797 g/mol. The Hall–Kier alpha value is 0.376. The topological polar surface area (TPSA) is 15.3 Å². The van der Waals surface area contributed by atoms with Crippen LogP contribution in [0.2, 0.25) is 0 Å². The second-order valence-corrected chi connectivity index (χ2v) is 27.3. The molecular formula is C31H56Cl2N2P2Po+2. The minimum atomic E-state index is -0.806. The van der Waals surface area contributed by atoms with Crippen molar-refractivity contribution in [2.24, 2.45) is 0 Å². The van der Waals surface area contributed by atoms with Crippen LogP contribution < -0.4 is 20.8 Å². The molecule has 218 valence electrons. The molecule has 0 amide bonds. The number of anilines is 2. The summed E-state index contributed by atoms with van der Waals surface area (Å²) in [5, 5.41) is 7.78. The molecule has 38 heavy (non-hydrogen) atoms. The molecule has 2 aromatic carbocycles. The third-order valence-electron chi connectivity index (χ3n) is 6.13. The van der Waals surface area contributed by atoms with Gasteiger partial charge in [0.15, 0.2) is 0 Å². The number of hydrogen-bond donors (Lipinski definition) is 1. The zero-order chi connectivity index (χ0) is 30.1. The quantitative estimate of drug-likeness (QED) is 0.311. The van der Waals surface area contributed by atoms with Gasteiger partial charge in [-0.15, -0.1) is 0 Å². The van der Waals surface area contributed by atoms with Crippen molar-refractivity contribution >= 4 is 75.9 Å². The van der Waals surface area contributed by atoms with E-state index < -0.39 is 37.0 Å². The van der Waals surface area contributed by atoms with Gasteiger partial charge in [0.05, 0.1) is 31.2 Å². The fourth-order valence-electron chi connectivity index (χ4n) is 5.71. The minimum absolute atomic E-state index is 0.378. The standard InChI is InChI=1S/C16H28NP.C15H26NP.2ClH.Po/c1-15(2,3)18(16(4,5)6)14-11-9-13(10-12-14)17(7)8;1-14(2,3)17(15(4,5)6)13-10-8-12(16-7)9-11-13;;;/h9-12H,1-8H3;8-11,16H,1-7H3;2*1H;/q;;;;+2. The molecule has 0 saturated heterocycles. The second kappa shape index (κ2) is 16.1. The first-order chi connectivity index (χ1) is 17.1. The van der Waals surface area contributed by atoms with Gasteiger partial charge in [-0.2, -0.15) is 0 Å². The number of benzene rings is 2. The average molecular weight is 799 g/mol. The molecule has 2 rings (SSSR count). The Morgan fingerprint density at radius 2 is 0.842 bits per heavy atom. The van der Waals surface area contributed by atoms with Gasteiger partial charge in [-0.05, 0) is 132 Å². The number of nitrogens with zero attached hydrogens (tertiary/aromatic N) is 1. The van der Waals surface area contributed by atoms with Crippen LogP contribution in [0.5, 0.6) is 0 Å². The first kappa shape index (κ1) is 38.4. The average Bonchev–Trinajstić information content (AvgIpc) is 2.71. The Kier molecular flexibility index (Phi) is 16.3. The molecule has 0 heterocycles. The van der Waals surface area contributed by atoms with E-state index in [1.807, 2.05) is 7.05 Å². The van der Waals surface area contributed by atoms with Gasteiger partial charge < -0.3 is 10.2 Å². The zero-order valence-corrected chi connectivity index (χ0v) is 33.4. The molecule has 0 aliphatic heterocycles. The molecule has 0 atom stereocenters. The van der Waals surface area contributed by atoms with E-state index in [1.165, 1.54) is 16.7 Å². The van der Waals surface area contributed by atoms with Crippen LogP contribution in [0, 0.1) is 0 Å². The Labute approximate surface area is 257 Å². The van der Waals surface area contributed by atoms with Crippen LogP contribution in [-0.4, -0.2) is 62.9 Å². The van der Waals surface area contributed by atoms with E-state index in [0.717, 1.165) is 0 Å². The summed E-state index contributed by atoms with van der Waals surface area (Å²) in [5.41, 5.74) is 2.47. The SMILES string of the molecule is CN(C)c1ccc([PH+](C(C)(C)C)C(C)(C)C)cc1.CNc1ccc([PH+](C(C)(C)C)C(C)(C)C)cc1.[Cl][Po][Cl]. The molecule has 0 spiro atoms. The van der Waals surface area contributed by atoms with Crippen molar-refractivity contribution in [2.75, 3.05) is 31.4 Å². The molecular weight excluding hydrogens is 742 g/mol. The van der Waals surface area contributed by atoms with Crippen molar-refractivity contribution in [3.05, 3.63) is 48.5 Å². The summed E-state index contributed by atoms with van der Waals surface area (Å²) in [6.45, 7) is 28.5. The normalized spacial score (nSPS) is 12.4. The van der Waals surface area contributed by atoms with Gasteiger partial charge in [-0.3, -0.25) is 0 Å². The molecule has 0 aliphatic rings. The predicted molar refractivity (Wildman–Crippen MR) is 189 cm³/mol. The first-order valence-corrected chi connectivity index (χ1v) is 24.1. The van der Waals surface area contributed by atoms with Gasteiger partial charge in [0, 0.05) is 48.4 Å². The summed E-state index contributed by atoms with van der Waals surface area (Å²) in [4.78, 5) is 2.16. The fourth-order valence-corrected chi connectivity index (χ4v) is 14.7. The summed E-state index contributed by atoms with van der Waals surface area (Å²) in [5.74, 6) is 0. The van der Waals surface area contributed by atoms with Crippen molar-refractivity contribution < 1.29 is 0 Å². The van der Waals surface area contributed by atoms with Crippen LogP contribution in [0.3, 0.4) is 0 Å². The maximum atomic E-state index is 4.93. The molecule has 7 heteroatoms. The molecule has 0 radical (unpaired) electrons. The molecule has 0 bridgehead atoms. The van der Waals surface area contributed by atoms with Crippen LogP contribution >= 0.6 is 32.7 Å². The fraction of sp³-hybridized carbons (Fsp3) is 0.613. The zero-order valence-electron chi connectivity index (χ0n) is 26.7. The van der Waals surface area contributed by atoms with Gasteiger partial charge in [-0.1, -0.05) is 0 Å². The van der Waals surface area contributed by atoms with Gasteiger partial charge in [-0.25, -0.2) is 0 Å². The molecule has 2 nitrogen and oxygen atoms in total. The van der Waals surface area contributed by atoms with Crippen molar-refractivity contribution in [3.8, 4) is 0 Å². The van der Waals surface area contributed by atoms with Crippen molar-refractivity contribution in [1.29, 1.82) is 0 Å². The molecule has 1 N–H and O–H groups in total. The van der Waals surface area contributed by atoms with E-state index in [1.54, 1.807) is 5.30 Å². The van der Waals surface area contributed by atoms with E-state index >= 15 is 0 Å². The van der Waals surface area contributed by atoms with Crippen LogP contribution in [0.4, 0.5) is 11.4 Å². The number of halogens is 2. The molecule has 0 unspecified atom stereocenters. The summed E-state index contributed by atoms with van der Waals surface area (Å²) < 4.78 is 0. The summed E-state index contributed by atoms with van der Waals surface area (Å²) >= 11 is -0.806. The summed E-state index contributed by atoms with van der Waals surface area (Å²) in [6, 6.07) is 18.2. The number of nitrogens with one attached hydrogen (secondary N) is 1. The van der Waals surface area contributed by atoms with E-state index in [-0.39, 0.29) is 0 Å². The van der Waals surface area contributed by atoms with Gasteiger partial charge >= 0.3 is 38.1 Å². The Balaban J connectivity index is 0.000000654. The van der Waals surface area contributed by atoms with Gasteiger partial charge in [0.25, 0.3) is 0 Å². The summed E-state index contributed by atoms with van der Waals surface area (Å²) in [7, 11) is 14.8. The number of hydrogen-bond acceptors (Lipinski definition) is 2. The van der Waals surface area contributed by atoms with Gasteiger partial charge in [0.1, 0.15) is 0 Å². The molecule has 2 aromatic rings. The third kappa shape index (κ3) is 13.4. The van der Waals surface area contributed by atoms with Crippen LogP contribution in [0.1, 0.15) is 83.1 Å². The van der Waals surface area contributed by atoms with Crippen LogP contribution in [-0.2, 0) is 0 Å².